The molecule has 1 aliphatic heterocycles. The van der Waals surface area contributed by atoms with Gasteiger partial charge in [-0.25, -0.2) is 9.59 Å². The van der Waals surface area contributed by atoms with Crippen LogP contribution in [0.2, 0.25) is 0 Å². The Labute approximate surface area is 228 Å². The van der Waals surface area contributed by atoms with Gasteiger partial charge in [-0.15, -0.1) is 0 Å². The summed E-state index contributed by atoms with van der Waals surface area (Å²) < 4.78 is 5.35. The molecule has 4 N–H and O–H groups in total. The minimum absolute atomic E-state index is 0.0329. The number of carbonyl (C=O) groups excluding carboxylic acids is 3. The molecule has 0 aromatic heterocycles. The minimum atomic E-state index is -1.05. The molecule has 0 spiro atoms. The number of nitrogens with zero attached hydrogens (tertiary/aromatic N) is 1. The Morgan fingerprint density at radius 1 is 1.11 bits per heavy atom. The first kappa shape index (κ1) is 29.0. The fourth-order valence-electron chi connectivity index (χ4n) is 4.90. The van der Waals surface area contributed by atoms with Crippen molar-refractivity contribution in [2.45, 2.75) is 57.0 Å². The summed E-state index contributed by atoms with van der Waals surface area (Å²) in [6, 6.07) is 14.8. The number of ether oxygens (including phenoxy) is 1. The molecule has 0 radical (unpaired) electrons. The summed E-state index contributed by atoms with van der Waals surface area (Å²) in [6.45, 7) is 2.70. The maximum Gasteiger partial charge on any atom is 0.407 e. The van der Waals surface area contributed by atoms with Crippen LogP contribution in [0, 0.1) is 0 Å². The van der Waals surface area contributed by atoms with Crippen LogP contribution in [0.5, 0.6) is 0 Å². The highest BCUT2D eigenvalue weighted by molar-refractivity contribution is 7.80. The van der Waals surface area contributed by atoms with Gasteiger partial charge in [0.25, 0.3) is 0 Å². The molecule has 2 aromatic rings. The van der Waals surface area contributed by atoms with E-state index < -0.39 is 30.1 Å². The van der Waals surface area contributed by atoms with Gasteiger partial charge in [-0.1, -0.05) is 61.9 Å². The molecule has 38 heavy (non-hydrogen) atoms. The third-order valence-electron chi connectivity index (χ3n) is 6.73. The molecule has 1 heterocycles. The average Bonchev–Trinajstić information content (AvgIpc) is 3.46. The van der Waals surface area contributed by atoms with E-state index in [0.717, 1.165) is 28.7 Å². The number of thiol groups is 1. The maximum atomic E-state index is 12.0. The normalized spacial score (nSPS) is 15.5. The second-order valence-corrected chi connectivity index (χ2v) is 9.72. The number of hydrogen-bond donors (Lipinski definition) is 4. The molecule has 204 valence electrons. The van der Waals surface area contributed by atoms with Gasteiger partial charge < -0.3 is 25.8 Å². The highest BCUT2D eigenvalue weighted by atomic mass is 32.1. The highest BCUT2D eigenvalue weighted by Crippen LogP contribution is 2.44. The Kier molecular flexibility index (Phi) is 10.6. The second kappa shape index (κ2) is 13.9. The van der Waals surface area contributed by atoms with Gasteiger partial charge in [0.05, 0.1) is 0 Å². The van der Waals surface area contributed by atoms with Crippen molar-refractivity contribution in [2.75, 3.05) is 18.9 Å². The zero-order valence-corrected chi connectivity index (χ0v) is 22.4. The van der Waals surface area contributed by atoms with Gasteiger partial charge in [0.15, 0.2) is 0 Å². The Balaban J connectivity index is 0.000000260. The van der Waals surface area contributed by atoms with Gasteiger partial charge >= 0.3 is 12.1 Å². The molecule has 0 bridgehead atoms. The number of fused-ring (bicyclic) bond motifs is 3. The molecule has 1 aliphatic carbocycles. The third kappa shape index (κ3) is 7.06. The van der Waals surface area contributed by atoms with Crippen molar-refractivity contribution in [1.29, 1.82) is 0 Å². The summed E-state index contributed by atoms with van der Waals surface area (Å²) in [5, 5.41) is 11.6. The summed E-state index contributed by atoms with van der Waals surface area (Å²) in [4.78, 5) is 47.0. The SMILES string of the molecule is CCC[C@H](NC(=O)OCC1c2ccccc2-c2ccccc21)C(=O)O.NC(=O)[C@H](CCS)N1CCCC1=O. The molecule has 0 unspecified atom stereocenters. The van der Waals surface area contributed by atoms with Crippen molar-refractivity contribution in [2.24, 2.45) is 5.73 Å². The van der Waals surface area contributed by atoms with Crippen LogP contribution < -0.4 is 11.1 Å². The largest absolute Gasteiger partial charge is 0.480 e. The lowest BCUT2D eigenvalue weighted by atomic mass is 9.98. The molecule has 2 aromatic carbocycles. The van der Waals surface area contributed by atoms with Crippen LogP contribution >= 0.6 is 12.6 Å². The molecule has 4 rings (SSSR count). The molecule has 9 nitrogen and oxygen atoms in total. The van der Waals surface area contributed by atoms with E-state index in [2.05, 4.69) is 30.1 Å². The van der Waals surface area contributed by atoms with Gasteiger partial charge in [0.1, 0.15) is 18.7 Å². The van der Waals surface area contributed by atoms with Gasteiger partial charge in [-0.05, 0) is 47.3 Å². The lowest BCUT2D eigenvalue weighted by Gasteiger charge is -2.24. The fourth-order valence-corrected chi connectivity index (χ4v) is 5.15. The number of likely N-dealkylation sites (tertiary alicyclic amines) is 1. The molecule has 2 atom stereocenters. The average molecular weight is 542 g/mol. The molecule has 1 fully saturated rings. The predicted octanol–water partition coefficient (Wildman–Crippen LogP) is 3.56. The van der Waals surface area contributed by atoms with Crippen LogP contribution in [-0.2, 0) is 19.1 Å². The third-order valence-corrected chi connectivity index (χ3v) is 6.99. The fraction of sp³-hybridized carbons (Fsp3) is 0.429. The quantitative estimate of drug-likeness (QED) is 0.339. The van der Waals surface area contributed by atoms with Crippen LogP contribution in [0.1, 0.15) is 56.1 Å². The first-order valence-corrected chi connectivity index (χ1v) is 13.5. The zero-order chi connectivity index (χ0) is 27.7. The monoisotopic (exact) mass is 541 g/mol. The lowest BCUT2D eigenvalue weighted by molar-refractivity contribution is -0.139. The van der Waals surface area contributed by atoms with Crippen LogP contribution in [-0.4, -0.2) is 64.9 Å². The van der Waals surface area contributed by atoms with Crippen molar-refractivity contribution in [1.82, 2.24) is 10.2 Å². The van der Waals surface area contributed by atoms with Crippen molar-refractivity contribution in [3.05, 3.63) is 59.7 Å². The topological polar surface area (TPSA) is 139 Å². The Morgan fingerprint density at radius 2 is 1.71 bits per heavy atom. The number of nitrogens with two attached hydrogens (primary N) is 1. The van der Waals surface area contributed by atoms with Crippen molar-refractivity contribution < 1.29 is 29.0 Å². The predicted molar refractivity (Wildman–Crippen MR) is 147 cm³/mol. The van der Waals surface area contributed by atoms with E-state index in [9.17, 15) is 19.2 Å². The number of alkyl carbamates (subject to hydrolysis) is 1. The lowest BCUT2D eigenvalue weighted by Crippen LogP contribution is -2.45. The van der Waals surface area contributed by atoms with Crippen molar-refractivity contribution >= 4 is 36.5 Å². The summed E-state index contributed by atoms with van der Waals surface area (Å²) in [5.41, 5.74) is 9.76. The number of hydrogen-bond acceptors (Lipinski definition) is 6. The molecule has 3 amide bonds. The first-order chi connectivity index (χ1) is 18.3. The summed E-state index contributed by atoms with van der Waals surface area (Å²) >= 11 is 4.03. The highest BCUT2D eigenvalue weighted by Gasteiger charge is 2.31. The number of aliphatic carboxylic acids is 1. The summed E-state index contributed by atoms with van der Waals surface area (Å²) in [6.07, 6.45) is 2.26. The Bertz CT molecular complexity index is 1110. The number of carboxylic acid groups (broad SMARTS) is 1. The number of rotatable bonds is 10. The van der Waals surface area contributed by atoms with E-state index in [4.69, 9.17) is 15.6 Å². The minimum Gasteiger partial charge on any atom is -0.480 e. The maximum absolute atomic E-state index is 12.0. The molecule has 1 saturated heterocycles. The van der Waals surface area contributed by atoms with E-state index in [1.165, 1.54) is 0 Å². The van der Waals surface area contributed by atoms with Crippen LogP contribution in [0.15, 0.2) is 48.5 Å². The number of primary amides is 1. The smallest absolute Gasteiger partial charge is 0.407 e. The molecular weight excluding hydrogens is 506 g/mol. The van der Waals surface area contributed by atoms with Crippen LogP contribution in [0.25, 0.3) is 11.1 Å². The van der Waals surface area contributed by atoms with E-state index in [1.54, 1.807) is 4.90 Å². The number of benzene rings is 2. The van der Waals surface area contributed by atoms with E-state index in [1.807, 2.05) is 43.3 Å². The number of carboxylic acids is 1. The number of amides is 3. The van der Waals surface area contributed by atoms with Gasteiger partial charge in [0, 0.05) is 18.9 Å². The van der Waals surface area contributed by atoms with E-state index in [-0.39, 0.29) is 18.4 Å². The van der Waals surface area contributed by atoms with Crippen molar-refractivity contribution in [3.8, 4) is 11.1 Å². The van der Waals surface area contributed by atoms with Crippen molar-refractivity contribution in [3.63, 3.8) is 0 Å². The number of nitrogens with one attached hydrogen (secondary N) is 1. The van der Waals surface area contributed by atoms with Crippen LogP contribution in [0.4, 0.5) is 4.79 Å². The first-order valence-electron chi connectivity index (χ1n) is 12.8. The molecule has 2 aliphatic rings. The Morgan fingerprint density at radius 3 is 2.18 bits per heavy atom. The standard InChI is InChI=1S/C20H21NO4.C8H14N2O2S/c1-2-7-18(19(22)23)21-20(24)25-12-17-15-10-5-3-8-13(15)14-9-4-6-11-16(14)17;9-8(12)6(3-5-13)10-4-1-2-7(10)11/h3-6,8-11,17-18H,2,7,12H2,1H3,(H,21,24)(H,22,23);6,13H,1-5H2,(H2,9,12)/t18-;6-/m00/s1. The summed E-state index contributed by atoms with van der Waals surface area (Å²) in [5.74, 6) is -0.907. The molecule has 10 heteroatoms. The molecular formula is C28H35N3O6S. The van der Waals surface area contributed by atoms with E-state index in [0.29, 0.717) is 38.0 Å². The number of carbonyl (C=O) groups is 4. The van der Waals surface area contributed by atoms with Gasteiger partial charge in [0.2, 0.25) is 11.8 Å². The van der Waals surface area contributed by atoms with Gasteiger partial charge in [-0.2, -0.15) is 12.6 Å². The molecule has 0 saturated carbocycles. The van der Waals surface area contributed by atoms with Gasteiger partial charge in [-0.3, -0.25) is 9.59 Å². The summed E-state index contributed by atoms with van der Waals surface area (Å²) in [7, 11) is 0. The van der Waals surface area contributed by atoms with Crippen LogP contribution in [0.3, 0.4) is 0 Å². The Hall–Kier alpha value is -3.53. The second-order valence-electron chi connectivity index (χ2n) is 9.27. The zero-order valence-electron chi connectivity index (χ0n) is 21.5. The van der Waals surface area contributed by atoms with E-state index >= 15 is 0 Å².